The first-order valence-corrected chi connectivity index (χ1v) is 11.2. The first kappa shape index (κ1) is 23.0. The molecule has 1 aliphatic rings. The lowest BCUT2D eigenvalue weighted by Crippen LogP contribution is -2.19. The van der Waals surface area contributed by atoms with Crippen LogP contribution in [0.1, 0.15) is 11.1 Å². The van der Waals surface area contributed by atoms with Gasteiger partial charge in [-0.2, -0.15) is 5.10 Å². The average Bonchev–Trinajstić information content (AvgIpc) is 3.22. The number of nitrogens with one attached hydrogen (secondary N) is 1. The van der Waals surface area contributed by atoms with Gasteiger partial charge < -0.3 is 9.47 Å². The van der Waals surface area contributed by atoms with E-state index in [4.69, 9.17) is 4.74 Å². The van der Waals surface area contributed by atoms with Crippen LogP contribution in [0.2, 0.25) is 0 Å². The van der Waals surface area contributed by atoms with Gasteiger partial charge in [-0.05, 0) is 40.6 Å². The fourth-order valence-electron chi connectivity index (χ4n) is 3.15. The molecule has 1 heterocycles. The Kier molecular flexibility index (Phi) is 7.52. The number of carbonyl (C=O) groups is 2. The molecule has 4 rings (SSSR count). The lowest BCUT2D eigenvalue weighted by Gasteiger charge is -2.10. The van der Waals surface area contributed by atoms with Crippen molar-refractivity contribution in [2.24, 2.45) is 10.2 Å². The number of thioether (sulfide) groups is 1. The molecule has 1 saturated heterocycles. The van der Waals surface area contributed by atoms with E-state index in [1.807, 2.05) is 78.9 Å². The molecule has 8 heteroatoms. The molecule has 3 aromatic carbocycles. The highest BCUT2D eigenvalue weighted by Crippen LogP contribution is 2.27. The van der Waals surface area contributed by atoms with E-state index in [0.29, 0.717) is 6.61 Å². The Balaban J connectivity index is 1.49. The molecule has 1 amide bonds. The number of methoxy groups -OCH3 is 1. The first-order valence-electron chi connectivity index (χ1n) is 10.4. The van der Waals surface area contributed by atoms with Gasteiger partial charge in [-0.3, -0.25) is 10.1 Å². The van der Waals surface area contributed by atoms with Gasteiger partial charge in [0.05, 0.1) is 18.2 Å². The molecule has 3 aromatic rings. The molecule has 0 bridgehead atoms. The maximum absolute atomic E-state index is 11.9. The van der Waals surface area contributed by atoms with Crippen molar-refractivity contribution in [2.45, 2.75) is 6.61 Å². The zero-order valence-corrected chi connectivity index (χ0v) is 19.1. The molecular weight excluding hydrogens is 450 g/mol. The molecule has 34 heavy (non-hydrogen) atoms. The molecule has 1 aliphatic heterocycles. The second-order valence-corrected chi connectivity index (χ2v) is 8.16. The smallest absolute Gasteiger partial charge is 0.331 e. The number of amidine groups is 1. The summed E-state index contributed by atoms with van der Waals surface area (Å²) in [5.41, 5.74) is 3.89. The van der Waals surface area contributed by atoms with Crippen LogP contribution in [0, 0.1) is 0 Å². The number of hydrogen-bond donors (Lipinski definition) is 1. The zero-order valence-electron chi connectivity index (χ0n) is 18.3. The van der Waals surface area contributed by atoms with E-state index < -0.39 is 11.9 Å². The van der Waals surface area contributed by atoms with Crippen molar-refractivity contribution in [1.82, 2.24) is 5.32 Å². The van der Waals surface area contributed by atoms with Gasteiger partial charge in [0.1, 0.15) is 12.4 Å². The minimum absolute atomic E-state index is 0.202. The van der Waals surface area contributed by atoms with Crippen LogP contribution in [0.25, 0.3) is 11.1 Å². The van der Waals surface area contributed by atoms with Gasteiger partial charge in [0.15, 0.2) is 5.17 Å². The van der Waals surface area contributed by atoms with E-state index in [1.165, 1.54) is 7.11 Å². The van der Waals surface area contributed by atoms with Crippen LogP contribution in [0.5, 0.6) is 5.75 Å². The summed E-state index contributed by atoms with van der Waals surface area (Å²) in [5, 5.41) is 11.0. The maximum Gasteiger partial charge on any atom is 0.331 e. The van der Waals surface area contributed by atoms with E-state index in [9.17, 15) is 9.59 Å². The number of esters is 1. The largest absolute Gasteiger partial charge is 0.489 e. The van der Waals surface area contributed by atoms with Crippen LogP contribution in [0.3, 0.4) is 0 Å². The predicted octanol–water partition coefficient (Wildman–Crippen LogP) is 4.54. The fourth-order valence-corrected chi connectivity index (χ4v) is 3.89. The Morgan fingerprint density at radius 3 is 2.65 bits per heavy atom. The van der Waals surface area contributed by atoms with Crippen molar-refractivity contribution in [3.05, 3.63) is 101 Å². The summed E-state index contributed by atoms with van der Waals surface area (Å²) < 4.78 is 10.5. The number of amides is 1. The summed E-state index contributed by atoms with van der Waals surface area (Å²) in [6, 6.07) is 25.6. The van der Waals surface area contributed by atoms with E-state index in [1.54, 1.807) is 6.21 Å². The van der Waals surface area contributed by atoms with Crippen molar-refractivity contribution >= 4 is 35.0 Å². The van der Waals surface area contributed by atoms with Crippen molar-refractivity contribution < 1.29 is 19.1 Å². The second kappa shape index (κ2) is 11.1. The Morgan fingerprint density at radius 1 is 1.03 bits per heavy atom. The molecule has 0 unspecified atom stereocenters. The summed E-state index contributed by atoms with van der Waals surface area (Å²) in [7, 11) is 1.25. The summed E-state index contributed by atoms with van der Waals surface area (Å²) in [6.45, 7) is 0.487. The Bertz CT molecular complexity index is 1290. The number of carbonyl (C=O) groups excluding carboxylic acids is 2. The van der Waals surface area contributed by atoms with E-state index in [2.05, 4.69) is 20.3 Å². The van der Waals surface area contributed by atoms with E-state index >= 15 is 0 Å². The monoisotopic (exact) mass is 471 g/mol. The van der Waals surface area contributed by atoms with E-state index in [-0.39, 0.29) is 10.1 Å². The van der Waals surface area contributed by atoms with Gasteiger partial charge >= 0.3 is 5.97 Å². The van der Waals surface area contributed by atoms with Gasteiger partial charge in [-0.1, -0.05) is 66.7 Å². The van der Waals surface area contributed by atoms with Gasteiger partial charge in [0.2, 0.25) is 0 Å². The quantitative estimate of drug-likeness (QED) is 0.236. The molecule has 0 saturated carbocycles. The van der Waals surface area contributed by atoms with Crippen LogP contribution in [0.15, 0.2) is 100 Å². The molecular formula is C26H21N3O4S. The SMILES string of the molecule is COC(=O)/C=C1/S/C(=N\N=Cc2ccccc2-c2cccc(OCc3ccccc3)c2)NC1=O. The minimum Gasteiger partial charge on any atom is -0.489 e. The Labute approximate surface area is 201 Å². The minimum atomic E-state index is -0.605. The van der Waals surface area contributed by atoms with Gasteiger partial charge in [0.25, 0.3) is 5.91 Å². The fraction of sp³-hybridized carbons (Fsp3) is 0.0769. The van der Waals surface area contributed by atoms with Crippen LogP contribution < -0.4 is 10.1 Å². The predicted molar refractivity (Wildman–Crippen MR) is 134 cm³/mol. The topological polar surface area (TPSA) is 89.3 Å². The van der Waals surface area contributed by atoms with Gasteiger partial charge in [-0.25, -0.2) is 4.79 Å². The highest BCUT2D eigenvalue weighted by Gasteiger charge is 2.25. The summed E-state index contributed by atoms with van der Waals surface area (Å²) in [6.07, 6.45) is 2.74. The highest BCUT2D eigenvalue weighted by molar-refractivity contribution is 8.18. The first-order chi connectivity index (χ1) is 16.6. The average molecular weight is 472 g/mol. The van der Waals surface area contributed by atoms with Gasteiger partial charge in [0, 0.05) is 11.6 Å². The highest BCUT2D eigenvalue weighted by atomic mass is 32.2. The van der Waals surface area contributed by atoms with Crippen LogP contribution in [-0.2, 0) is 20.9 Å². The van der Waals surface area contributed by atoms with Gasteiger partial charge in [-0.15, -0.1) is 5.10 Å². The maximum atomic E-state index is 11.9. The third kappa shape index (κ3) is 5.99. The molecule has 0 aromatic heterocycles. The second-order valence-electron chi connectivity index (χ2n) is 7.13. The molecule has 170 valence electrons. The normalized spacial score (nSPS) is 15.6. The summed E-state index contributed by atoms with van der Waals surface area (Å²) >= 11 is 1.02. The van der Waals surface area contributed by atoms with Crippen LogP contribution in [0.4, 0.5) is 0 Å². The Hall–Kier alpha value is -4.17. The summed E-state index contributed by atoms with van der Waals surface area (Å²) in [5.74, 6) is -0.258. The number of benzene rings is 3. The number of nitrogens with zero attached hydrogens (tertiary/aromatic N) is 2. The number of ether oxygens (including phenoxy) is 2. The third-order valence-corrected chi connectivity index (χ3v) is 5.70. The van der Waals surface area contributed by atoms with Crippen molar-refractivity contribution in [3.8, 4) is 16.9 Å². The molecule has 0 spiro atoms. The lowest BCUT2D eigenvalue weighted by molar-refractivity contribution is -0.135. The third-order valence-electron chi connectivity index (χ3n) is 4.80. The number of hydrogen-bond acceptors (Lipinski definition) is 7. The molecule has 0 atom stereocenters. The van der Waals surface area contributed by atoms with E-state index in [0.717, 1.165) is 45.8 Å². The summed E-state index contributed by atoms with van der Waals surface area (Å²) in [4.78, 5) is 23.5. The number of rotatable bonds is 7. The van der Waals surface area contributed by atoms with Crippen molar-refractivity contribution in [1.29, 1.82) is 0 Å². The zero-order chi connectivity index (χ0) is 23.8. The molecule has 1 N–H and O–H groups in total. The lowest BCUT2D eigenvalue weighted by atomic mass is 10.0. The van der Waals surface area contributed by atoms with Crippen LogP contribution >= 0.6 is 11.8 Å². The molecule has 1 fully saturated rings. The van der Waals surface area contributed by atoms with Crippen molar-refractivity contribution in [3.63, 3.8) is 0 Å². The van der Waals surface area contributed by atoms with Crippen LogP contribution in [-0.4, -0.2) is 30.4 Å². The Morgan fingerprint density at radius 2 is 1.82 bits per heavy atom. The standard InChI is InChI=1S/C26H21N3O4S/c1-32-24(30)15-23-25(31)28-26(34-23)29-27-16-20-10-5-6-13-22(20)19-11-7-12-21(14-19)33-17-18-8-3-2-4-9-18/h2-16H,17H2,1H3,(H,28,29,31)/b23-15+,27-16?. The molecule has 7 nitrogen and oxygen atoms in total. The molecule has 0 aliphatic carbocycles. The molecule has 0 radical (unpaired) electrons. The van der Waals surface area contributed by atoms with Crippen molar-refractivity contribution in [2.75, 3.05) is 7.11 Å².